The highest BCUT2D eigenvalue weighted by Gasteiger charge is 2.24. The summed E-state index contributed by atoms with van der Waals surface area (Å²) >= 11 is 0.938. The van der Waals surface area contributed by atoms with Crippen LogP contribution in [0.5, 0.6) is 0 Å². The minimum Gasteiger partial charge on any atom is -0.397 e. The first kappa shape index (κ1) is 18.0. The van der Waals surface area contributed by atoms with Crippen LogP contribution in [0.15, 0.2) is 41.2 Å². The largest absolute Gasteiger partial charge is 0.397 e. The lowest BCUT2D eigenvalue weighted by Gasteiger charge is -2.07. The van der Waals surface area contributed by atoms with Crippen LogP contribution in [0.25, 0.3) is 21.5 Å². The molecule has 4 heterocycles. The first-order chi connectivity index (χ1) is 13.4. The van der Waals surface area contributed by atoms with Crippen molar-refractivity contribution >= 4 is 39.0 Å². The Hall–Kier alpha value is -3.40. The van der Waals surface area contributed by atoms with Crippen LogP contribution in [0.1, 0.15) is 27.4 Å². The first-order valence-corrected chi connectivity index (χ1v) is 8.92. The van der Waals surface area contributed by atoms with Crippen molar-refractivity contribution in [2.45, 2.75) is 13.3 Å². The number of carbonyl (C=O) groups excluding carboxylic acids is 1. The zero-order valence-corrected chi connectivity index (χ0v) is 15.3. The number of nitrogens with zero attached hydrogens (tertiary/aromatic N) is 3. The molecule has 0 radical (unpaired) electrons. The van der Waals surface area contributed by atoms with Crippen LogP contribution in [0.2, 0.25) is 0 Å². The zero-order chi connectivity index (χ0) is 19.8. The second-order valence-electron chi connectivity index (χ2n) is 5.94. The third-order valence-electron chi connectivity index (χ3n) is 4.00. The van der Waals surface area contributed by atoms with Gasteiger partial charge in [0.25, 0.3) is 12.3 Å². The Morgan fingerprint density at radius 3 is 2.82 bits per heavy atom. The number of nitrogen functional groups attached to an aromatic ring is 1. The SMILES string of the molecule is Cc1cc(NC(=O)c2sc3nc(-c4cccnc4)cc(C(F)F)c3c2N)no1. The lowest BCUT2D eigenvalue weighted by Crippen LogP contribution is -2.12. The second kappa shape index (κ2) is 6.97. The quantitative estimate of drug-likeness (QED) is 0.524. The molecule has 0 unspecified atom stereocenters. The van der Waals surface area contributed by atoms with Crippen molar-refractivity contribution in [2.75, 3.05) is 11.1 Å². The van der Waals surface area contributed by atoms with E-state index in [0.29, 0.717) is 17.0 Å². The summed E-state index contributed by atoms with van der Waals surface area (Å²) < 4.78 is 32.3. The smallest absolute Gasteiger partial charge is 0.269 e. The Morgan fingerprint density at radius 1 is 1.36 bits per heavy atom. The van der Waals surface area contributed by atoms with Crippen molar-refractivity contribution in [3.63, 3.8) is 0 Å². The normalized spacial score (nSPS) is 11.3. The van der Waals surface area contributed by atoms with E-state index >= 15 is 0 Å². The Morgan fingerprint density at radius 2 is 2.18 bits per heavy atom. The lowest BCUT2D eigenvalue weighted by atomic mass is 10.1. The van der Waals surface area contributed by atoms with Gasteiger partial charge in [-0.2, -0.15) is 0 Å². The van der Waals surface area contributed by atoms with Crippen LogP contribution < -0.4 is 11.1 Å². The molecule has 0 aromatic carbocycles. The number of rotatable bonds is 4. The zero-order valence-electron chi connectivity index (χ0n) is 14.4. The molecule has 0 atom stereocenters. The molecule has 28 heavy (non-hydrogen) atoms. The molecule has 4 aromatic heterocycles. The van der Waals surface area contributed by atoms with Crippen LogP contribution in [-0.2, 0) is 0 Å². The van der Waals surface area contributed by atoms with E-state index in [1.54, 1.807) is 25.3 Å². The molecule has 0 spiro atoms. The molecular weight excluding hydrogens is 388 g/mol. The average Bonchev–Trinajstić information content (AvgIpc) is 3.24. The summed E-state index contributed by atoms with van der Waals surface area (Å²) in [6.45, 7) is 1.68. The molecule has 0 aliphatic heterocycles. The molecule has 0 fully saturated rings. The van der Waals surface area contributed by atoms with E-state index < -0.39 is 12.3 Å². The van der Waals surface area contributed by atoms with Gasteiger partial charge in [-0.1, -0.05) is 5.16 Å². The summed E-state index contributed by atoms with van der Waals surface area (Å²) in [7, 11) is 0. The average molecular weight is 401 g/mol. The van der Waals surface area contributed by atoms with Crippen molar-refractivity contribution < 1.29 is 18.1 Å². The Kier molecular flexibility index (Phi) is 4.47. The van der Waals surface area contributed by atoms with E-state index in [9.17, 15) is 13.6 Å². The topological polar surface area (TPSA) is 107 Å². The van der Waals surface area contributed by atoms with Crippen LogP contribution in [-0.4, -0.2) is 21.0 Å². The molecule has 1 amide bonds. The van der Waals surface area contributed by atoms with Crippen LogP contribution in [0.4, 0.5) is 20.3 Å². The van der Waals surface area contributed by atoms with Gasteiger partial charge in [0.05, 0.1) is 11.4 Å². The highest BCUT2D eigenvalue weighted by atomic mass is 32.1. The fraction of sp³-hybridized carbons (Fsp3) is 0.111. The Bertz CT molecular complexity index is 1170. The fourth-order valence-electron chi connectivity index (χ4n) is 2.75. The fourth-order valence-corrected chi connectivity index (χ4v) is 3.77. The standard InChI is InChI=1S/C18H13F2N5O2S/c1-8-5-12(25-27-8)24-17(26)15-14(21)13-10(16(19)20)6-11(23-18(13)28-15)9-3-2-4-22-7-9/h2-7,16H,21H2,1H3,(H,24,25,26). The highest BCUT2D eigenvalue weighted by molar-refractivity contribution is 7.21. The number of hydrogen-bond donors (Lipinski definition) is 2. The molecule has 0 saturated carbocycles. The third-order valence-corrected chi connectivity index (χ3v) is 5.10. The molecule has 0 aliphatic carbocycles. The number of aryl methyl sites for hydroxylation is 1. The van der Waals surface area contributed by atoms with Gasteiger partial charge in [-0.3, -0.25) is 9.78 Å². The van der Waals surface area contributed by atoms with Crippen LogP contribution in [0, 0.1) is 6.92 Å². The van der Waals surface area contributed by atoms with E-state index in [-0.39, 0.29) is 32.2 Å². The number of fused-ring (bicyclic) bond motifs is 1. The summed E-state index contributed by atoms with van der Waals surface area (Å²) in [6.07, 6.45) is 0.320. The molecule has 4 aromatic rings. The number of hydrogen-bond acceptors (Lipinski definition) is 7. The predicted octanol–water partition coefficient (Wildman–Crippen LogP) is 4.43. The number of pyridine rings is 2. The second-order valence-corrected chi connectivity index (χ2v) is 6.94. The monoisotopic (exact) mass is 401 g/mol. The van der Waals surface area contributed by atoms with E-state index in [0.717, 1.165) is 11.3 Å². The Labute approximate surface area is 161 Å². The van der Waals surface area contributed by atoms with Gasteiger partial charge in [0.15, 0.2) is 5.82 Å². The van der Waals surface area contributed by atoms with Gasteiger partial charge < -0.3 is 15.6 Å². The molecular formula is C18H13F2N5O2S. The van der Waals surface area contributed by atoms with Crippen molar-refractivity contribution in [3.05, 3.63) is 52.9 Å². The van der Waals surface area contributed by atoms with E-state index in [4.69, 9.17) is 10.3 Å². The molecule has 7 nitrogen and oxygen atoms in total. The molecule has 4 rings (SSSR count). The van der Waals surface area contributed by atoms with Crippen molar-refractivity contribution in [1.29, 1.82) is 0 Å². The number of nitrogens with one attached hydrogen (secondary N) is 1. The molecule has 142 valence electrons. The summed E-state index contributed by atoms with van der Waals surface area (Å²) in [6, 6.07) is 6.21. The molecule has 0 aliphatic rings. The Balaban J connectivity index is 1.82. The summed E-state index contributed by atoms with van der Waals surface area (Å²) in [4.78, 5) is 21.3. The number of aromatic nitrogens is 3. The van der Waals surface area contributed by atoms with Gasteiger partial charge in [-0.25, -0.2) is 13.8 Å². The van der Waals surface area contributed by atoms with Crippen LogP contribution >= 0.6 is 11.3 Å². The number of thiophene rings is 1. The lowest BCUT2D eigenvalue weighted by molar-refractivity contribution is 0.103. The van der Waals surface area contributed by atoms with Gasteiger partial charge in [0.1, 0.15) is 15.5 Å². The number of nitrogens with two attached hydrogens (primary N) is 1. The first-order valence-electron chi connectivity index (χ1n) is 8.10. The number of alkyl halides is 2. The van der Waals surface area contributed by atoms with E-state index in [2.05, 4.69) is 20.4 Å². The van der Waals surface area contributed by atoms with Gasteiger partial charge in [-0.15, -0.1) is 11.3 Å². The van der Waals surface area contributed by atoms with Crippen LogP contribution in [0.3, 0.4) is 0 Å². The molecule has 0 saturated heterocycles. The van der Waals surface area contributed by atoms with Gasteiger partial charge in [-0.05, 0) is 25.1 Å². The molecule has 3 N–H and O–H groups in total. The van der Waals surface area contributed by atoms with Crippen molar-refractivity contribution in [2.24, 2.45) is 0 Å². The molecule has 10 heteroatoms. The maximum absolute atomic E-state index is 13.7. The van der Waals surface area contributed by atoms with Crippen molar-refractivity contribution in [1.82, 2.24) is 15.1 Å². The number of halogens is 2. The molecule has 0 bridgehead atoms. The van der Waals surface area contributed by atoms with E-state index in [1.165, 1.54) is 18.3 Å². The minimum absolute atomic E-state index is 0.0433. The summed E-state index contributed by atoms with van der Waals surface area (Å²) in [5.41, 5.74) is 6.63. The summed E-state index contributed by atoms with van der Waals surface area (Å²) in [5.74, 6) is 0.150. The minimum atomic E-state index is -2.79. The van der Waals surface area contributed by atoms with Crippen molar-refractivity contribution in [3.8, 4) is 11.3 Å². The van der Waals surface area contributed by atoms with Gasteiger partial charge in [0.2, 0.25) is 0 Å². The predicted molar refractivity (Wildman–Crippen MR) is 101 cm³/mol. The highest BCUT2D eigenvalue weighted by Crippen LogP contribution is 2.40. The van der Waals surface area contributed by atoms with E-state index in [1.807, 2.05) is 0 Å². The number of amides is 1. The maximum Gasteiger partial charge on any atom is 0.269 e. The maximum atomic E-state index is 13.7. The van der Waals surface area contributed by atoms with Gasteiger partial charge >= 0.3 is 0 Å². The third kappa shape index (κ3) is 3.18. The summed E-state index contributed by atoms with van der Waals surface area (Å²) in [5, 5.41) is 6.29. The number of carbonyl (C=O) groups is 1. The van der Waals surface area contributed by atoms with Gasteiger partial charge in [0, 0.05) is 35.0 Å². The number of anilines is 2.